The Labute approximate surface area is 188 Å². The molecule has 1 saturated heterocycles. The maximum Gasteiger partial charge on any atom is 0.269 e. The van der Waals surface area contributed by atoms with Crippen molar-refractivity contribution in [3.8, 4) is 0 Å². The number of amides is 1. The highest BCUT2D eigenvalue weighted by molar-refractivity contribution is 7.22. The number of hydrogen-bond acceptors (Lipinski definition) is 7. The Morgan fingerprint density at radius 2 is 1.97 bits per heavy atom. The molecular formula is C22H23FN4O4S. The van der Waals surface area contributed by atoms with Crippen LogP contribution in [0.25, 0.3) is 10.2 Å². The van der Waals surface area contributed by atoms with Gasteiger partial charge in [0.2, 0.25) is 5.91 Å². The number of ether oxygens (including phenoxy) is 1. The molecule has 2 aromatic carbocycles. The molecule has 8 nitrogen and oxygen atoms in total. The molecule has 0 aliphatic carbocycles. The third-order valence-corrected chi connectivity index (χ3v) is 6.40. The summed E-state index contributed by atoms with van der Waals surface area (Å²) in [5, 5.41) is 11.3. The summed E-state index contributed by atoms with van der Waals surface area (Å²) in [6.45, 7) is 4.42. The van der Waals surface area contributed by atoms with Crippen LogP contribution < -0.4 is 4.90 Å². The molecule has 0 spiro atoms. The van der Waals surface area contributed by atoms with Crippen LogP contribution >= 0.6 is 11.3 Å². The van der Waals surface area contributed by atoms with Gasteiger partial charge in [0.05, 0.1) is 29.3 Å². The highest BCUT2D eigenvalue weighted by Crippen LogP contribution is 2.31. The third kappa shape index (κ3) is 5.26. The molecule has 0 radical (unpaired) electrons. The largest absolute Gasteiger partial charge is 0.379 e. The van der Waals surface area contributed by atoms with Gasteiger partial charge in [-0.3, -0.25) is 24.7 Å². The number of nitro benzene ring substituents is 1. The first kappa shape index (κ1) is 22.3. The van der Waals surface area contributed by atoms with E-state index in [0.717, 1.165) is 26.1 Å². The Kier molecular flexibility index (Phi) is 7.03. The van der Waals surface area contributed by atoms with Gasteiger partial charge in [0.25, 0.3) is 5.69 Å². The second kappa shape index (κ2) is 10.1. The van der Waals surface area contributed by atoms with Crippen LogP contribution in [0.5, 0.6) is 0 Å². The summed E-state index contributed by atoms with van der Waals surface area (Å²) in [6, 6.07) is 10.7. The summed E-state index contributed by atoms with van der Waals surface area (Å²) in [4.78, 5) is 31.9. The Morgan fingerprint density at radius 1 is 1.22 bits per heavy atom. The van der Waals surface area contributed by atoms with E-state index in [-0.39, 0.29) is 23.5 Å². The number of nitrogens with zero attached hydrogens (tertiary/aromatic N) is 4. The molecule has 2 heterocycles. The number of fused-ring (bicyclic) bond motifs is 1. The molecule has 0 atom stereocenters. The molecular weight excluding hydrogens is 435 g/mol. The molecule has 0 saturated carbocycles. The van der Waals surface area contributed by atoms with Gasteiger partial charge in [-0.1, -0.05) is 29.5 Å². The fourth-order valence-corrected chi connectivity index (χ4v) is 4.65. The van der Waals surface area contributed by atoms with Crippen molar-refractivity contribution >= 4 is 38.3 Å². The number of para-hydroxylation sites is 1. The molecule has 1 aliphatic rings. The molecule has 1 fully saturated rings. The number of hydrogen-bond donors (Lipinski definition) is 0. The molecule has 1 aromatic heterocycles. The van der Waals surface area contributed by atoms with Crippen molar-refractivity contribution in [2.75, 3.05) is 44.3 Å². The van der Waals surface area contributed by atoms with Crippen molar-refractivity contribution in [1.82, 2.24) is 9.88 Å². The van der Waals surface area contributed by atoms with Crippen LogP contribution in [0.15, 0.2) is 42.5 Å². The van der Waals surface area contributed by atoms with E-state index in [4.69, 9.17) is 4.74 Å². The fourth-order valence-electron chi connectivity index (χ4n) is 3.63. The Bertz CT molecular complexity index is 1100. The number of non-ortho nitro benzene ring substituents is 1. The number of morpholine rings is 1. The lowest BCUT2D eigenvalue weighted by Gasteiger charge is -2.27. The molecule has 1 aliphatic heterocycles. The summed E-state index contributed by atoms with van der Waals surface area (Å²) in [5.74, 6) is -0.596. The van der Waals surface area contributed by atoms with Crippen molar-refractivity contribution < 1.29 is 18.8 Å². The summed E-state index contributed by atoms with van der Waals surface area (Å²) < 4.78 is 20.2. The van der Waals surface area contributed by atoms with Crippen molar-refractivity contribution in [3.05, 3.63) is 64.0 Å². The normalized spacial score (nSPS) is 14.5. The number of rotatable bonds is 8. The van der Waals surface area contributed by atoms with E-state index in [1.54, 1.807) is 29.2 Å². The number of nitro groups is 1. The Morgan fingerprint density at radius 3 is 2.66 bits per heavy atom. The van der Waals surface area contributed by atoms with E-state index in [9.17, 15) is 19.3 Å². The van der Waals surface area contributed by atoms with E-state index in [0.29, 0.717) is 35.2 Å². The third-order valence-electron chi connectivity index (χ3n) is 5.35. The zero-order chi connectivity index (χ0) is 22.5. The zero-order valence-corrected chi connectivity index (χ0v) is 18.2. The minimum atomic E-state index is -0.473. The maximum atomic E-state index is 14.2. The average Bonchev–Trinajstić information content (AvgIpc) is 3.23. The summed E-state index contributed by atoms with van der Waals surface area (Å²) >= 11 is 1.28. The van der Waals surface area contributed by atoms with Crippen LogP contribution in [0.2, 0.25) is 0 Å². The van der Waals surface area contributed by atoms with Crippen LogP contribution in [0.1, 0.15) is 12.0 Å². The van der Waals surface area contributed by atoms with Crippen LogP contribution in [0.3, 0.4) is 0 Å². The molecule has 0 unspecified atom stereocenters. The van der Waals surface area contributed by atoms with Crippen LogP contribution in [0.4, 0.5) is 15.2 Å². The van der Waals surface area contributed by atoms with Gasteiger partial charge in [-0.25, -0.2) is 9.37 Å². The first-order valence-corrected chi connectivity index (χ1v) is 11.2. The minimum absolute atomic E-state index is 0.0229. The van der Waals surface area contributed by atoms with Crippen LogP contribution in [0, 0.1) is 15.9 Å². The quantitative estimate of drug-likeness (QED) is 0.378. The van der Waals surface area contributed by atoms with E-state index in [1.807, 2.05) is 0 Å². The molecule has 0 N–H and O–H groups in total. The number of anilines is 1. The van der Waals surface area contributed by atoms with Crippen molar-refractivity contribution in [2.45, 2.75) is 12.8 Å². The standard InChI is InChI=1S/C22H23FN4O4S/c23-18-3-1-4-19-21(18)24-22(32-19)26(10-2-9-25-11-13-31-14-12-25)20(28)15-16-5-7-17(8-6-16)27(29)30/h1,3-8H,2,9-15H2. The number of carbonyl (C=O) groups excluding carboxylic acids is 1. The lowest BCUT2D eigenvalue weighted by molar-refractivity contribution is -0.384. The first-order valence-electron chi connectivity index (χ1n) is 10.4. The average molecular weight is 459 g/mol. The molecule has 3 aromatic rings. The summed E-state index contributed by atoms with van der Waals surface area (Å²) in [7, 11) is 0. The predicted molar refractivity (Wildman–Crippen MR) is 121 cm³/mol. The van der Waals surface area contributed by atoms with Crippen molar-refractivity contribution in [2.24, 2.45) is 0 Å². The Hall–Kier alpha value is -2.95. The van der Waals surface area contributed by atoms with Crippen LogP contribution in [-0.2, 0) is 16.0 Å². The number of benzene rings is 2. The van der Waals surface area contributed by atoms with Gasteiger partial charge in [-0.2, -0.15) is 0 Å². The molecule has 32 heavy (non-hydrogen) atoms. The first-order chi connectivity index (χ1) is 15.5. The number of aromatic nitrogens is 1. The van der Waals surface area contributed by atoms with Gasteiger partial charge in [0.15, 0.2) is 5.13 Å². The van der Waals surface area contributed by atoms with Gasteiger partial charge in [0.1, 0.15) is 11.3 Å². The van der Waals surface area contributed by atoms with E-state index in [1.165, 1.54) is 29.5 Å². The van der Waals surface area contributed by atoms with Gasteiger partial charge >= 0.3 is 0 Å². The SMILES string of the molecule is O=C(Cc1ccc([N+](=O)[O-])cc1)N(CCCN1CCOCC1)c1nc2c(F)cccc2s1. The van der Waals surface area contributed by atoms with Gasteiger partial charge in [-0.05, 0) is 24.1 Å². The van der Waals surface area contributed by atoms with Gasteiger partial charge in [0, 0.05) is 38.3 Å². The topological polar surface area (TPSA) is 88.8 Å². The van der Waals surface area contributed by atoms with E-state index >= 15 is 0 Å². The summed E-state index contributed by atoms with van der Waals surface area (Å²) in [6.07, 6.45) is 0.818. The second-order valence-corrected chi connectivity index (χ2v) is 8.55. The molecule has 0 bridgehead atoms. The van der Waals surface area contributed by atoms with Crippen molar-refractivity contribution in [1.29, 1.82) is 0 Å². The van der Waals surface area contributed by atoms with E-state index in [2.05, 4.69) is 9.88 Å². The van der Waals surface area contributed by atoms with Crippen LogP contribution in [-0.4, -0.2) is 60.1 Å². The fraction of sp³-hybridized carbons (Fsp3) is 0.364. The molecule has 4 rings (SSSR count). The number of halogens is 1. The lowest BCUT2D eigenvalue weighted by Crippen LogP contribution is -2.39. The Balaban J connectivity index is 1.51. The zero-order valence-electron chi connectivity index (χ0n) is 17.4. The lowest BCUT2D eigenvalue weighted by atomic mass is 10.1. The highest BCUT2D eigenvalue weighted by Gasteiger charge is 2.22. The molecule has 168 valence electrons. The van der Waals surface area contributed by atoms with Gasteiger partial charge < -0.3 is 4.74 Å². The molecule has 1 amide bonds. The smallest absolute Gasteiger partial charge is 0.269 e. The monoisotopic (exact) mass is 458 g/mol. The van der Waals surface area contributed by atoms with E-state index < -0.39 is 10.7 Å². The number of carbonyl (C=O) groups is 1. The number of thiazole rings is 1. The van der Waals surface area contributed by atoms with Crippen molar-refractivity contribution in [3.63, 3.8) is 0 Å². The highest BCUT2D eigenvalue weighted by atomic mass is 32.1. The van der Waals surface area contributed by atoms with Gasteiger partial charge in [-0.15, -0.1) is 0 Å². The summed E-state index contributed by atoms with van der Waals surface area (Å²) in [5.41, 5.74) is 0.908. The maximum absolute atomic E-state index is 14.2. The second-order valence-electron chi connectivity index (χ2n) is 7.54. The predicted octanol–water partition coefficient (Wildman–Crippen LogP) is 3.64. The molecule has 10 heteroatoms. The minimum Gasteiger partial charge on any atom is -0.379 e.